The number of amides is 1. The predicted molar refractivity (Wildman–Crippen MR) is 188 cm³/mol. The van der Waals surface area contributed by atoms with E-state index in [4.69, 9.17) is 14.7 Å². The normalized spacial score (nSPS) is 17.6. The Labute approximate surface area is 286 Å². The number of nitrogens with one attached hydrogen (secondary N) is 1. The standard InChI is InChI=1S/C37H41N7O4S/c1-22(2)32-17-31-35(43(32)5)39-27(19-38-31)20-44-28(15-14-25-12-13-25)21-48-33-18-30(34-23(3)8-6-9-24(34)4)40-37(41-33)42-49(46,47)29-11-7-10-26(16-29)36(44)45/h6-11,16-19,22,25,28H,12-15,20-21H2,1-5H3,(H,40,41,42)/t28-/m1/s1. The first-order chi connectivity index (χ1) is 23.5. The van der Waals surface area contributed by atoms with Crippen LogP contribution in [0.4, 0.5) is 5.95 Å². The predicted octanol–water partition coefficient (Wildman–Crippen LogP) is 6.56. The molecule has 3 aromatic heterocycles. The number of rotatable bonds is 7. The number of ether oxygens (including phenoxy) is 1. The van der Waals surface area contributed by atoms with Crippen molar-refractivity contribution >= 4 is 33.0 Å². The molecule has 4 bridgehead atoms. The lowest BCUT2D eigenvalue weighted by molar-refractivity contribution is 0.0564. The second kappa shape index (κ2) is 12.9. The first-order valence-corrected chi connectivity index (χ1v) is 18.3. The van der Waals surface area contributed by atoms with Crippen LogP contribution in [0.2, 0.25) is 0 Å². The van der Waals surface area contributed by atoms with Crippen LogP contribution in [-0.2, 0) is 23.6 Å². The third-order valence-corrected chi connectivity index (χ3v) is 10.9. The molecule has 5 aromatic rings. The summed E-state index contributed by atoms with van der Waals surface area (Å²) in [6.07, 6.45) is 5.71. The van der Waals surface area contributed by atoms with Crippen molar-refractivity contribution in [3.8, 4) is 17.1 Å². The quantitative estimate of drug-likeness (QED) is 0.205. The van der Waals surface area contributed by atoms with Crippen LogP contribution in [0.5, 0.6) is 5.88 Å². The molecule has 1 amide bonds. The molecule has 1 N–H and O–H groups in total. The van der Waals surface area contributed by atoms with Gasteiger partial charge in [0.25, 0.3) is 15.9 Å². The number of aryl methyl sites for hydroxylation is 3. The van der Waals surface area contributed by atoms with E-state index < -0.39 is 10.0 Å². The van der Waals surface area contributed by atoms with Gasteiger partial charge in [-0.05, 0) is 73.9 Å². The average molecular weight is 680 g/mol. The molecular weight excluding hydrogens is 639 g/mol. The second-order valence-electron chi connectivity index (χ2n) is 13.6. The third kappa shape index (κ3) is 6.74. The third-order valence-electron chi connectivity index (χ3n) is 9.53. The van der Waals surface area contributed by atoms with Crippen molar-refractivity contribution in [2.75, 3.05) is 11.3 Å². The van der Waals surface area contributed by atoms with Crippen LogP contribution in [0.3, 0.4) is 0 Å². The fraction of sp³-hybridized carbons (Fsp3) is 0.378. The van der Waals surface area contributed by atoms with Crippen LogP contribution in [0.15, 0.2) is 65.7 Å². The van der Waals surface area contributed by atoms with Crippen LogP contribution < -0.4 is 9.46 Å². The molecule has 7 rings (SSSR count). The highest BCUT2D eigenvalue weighted by atomic mass is 32.2. The second-order valence-corrected chi connectivity index (χ2v) is 15.3. The summed E-state index contributed by atoms with van der Waals surface area (Å²) in [6, 6.07) is 15.5. The summed E-state index contributed by atoms with van der Waals surface area (Å²) in [7, 11) is -2.18. The van der Waals surface area contributed by atoms with Crippen molar-refractivity contribution < 1.29 is 17.9 Å². The zero-order valence-electron chi connectivity index (χ0n) is 28.5. The van der Waals surface area contributed by atoms with E-state index in [1.807, 2.05) is 43.7 Å². The maximum Gasteiger partial charge on any atom is 0.264 e. The lowest BCUT2D eigenvalue weighted by Crippen LogP contribution is -2.43. The molecule has 11 nitrogen and oxygen atoms in total. The minimum absolute atomic E-state index is 0.0677. The number of sulfonamides is 1. The highest BCUT2D eigenvalue weighted by molar-refractivity contribution is 7.92. The van der Waals surface area contributed by atoms with Crippen molar-refractivity contribution in [3.63, 3.8) is 0 Å². The van der Waals surface area contributed by atoms with Gasteiger partial charge in [-0.1, -0.05) is 51.0 Å². The van der Waals surface area contributed by atoms with Crippen LogP contribution in [0.1, 0.15) is 78.3 Å². The van der Waals surface area contributed by atoms with Gasteiger partial charge in [-0.15, -0.1) is 0 Å². The van der Waals surface area contributed by atoms with Gasteiger partial charge in [0.2, 0.25) is 11.8 Å². The van der Waals surface area contributed by atoms with Crippen molar-refractivity contribution in [3.05, 3.63) is 88.9 Å². The van der Waals surface area contributed by atoms with E-state index in [2.05, 4.69) is 34.6 Å². The molecule has 254 valence electrons. The number of nitrogens with zero attached hydrogens (tertiary/aromatic N) is 6. The van der Waals surface area contributed by atoms with Gasteiger partial charge in [0.05, 0.1) is 35.1 Å². The summed E-state index contributed by atoms with van der Waals surface area (Å²) < 4.78 is 38.4. The molecule has 4 heterocycles. The topological polar surface area (TPSA) is 132 Å². The molecule has 1 saturated carbocycles. The van der Waals surface area contributed by atoms with Crippen molar-refractivity contribution in [1.82, 2.24) is 29.4 Å². The molecule has 1 atom stereocenters. The Hall–Kier alpha value is -4.84. The van der Waals surface area contributed by atoms with E-state index in [-0.39, 0.29) is 47.4 Å². The lowest BCUT2D eigenvalue weighted by Gasteiger charge is -2.32. The molecule has 1 aliphatic heterocycles. The molecule has 1 aliphatic carbocycles. The van der Waals surface area contributed by atoms with Crippen molar-refractivity contribution in [1.29, 1.82) is 0 Å². The highest BCUT2D eigenvalue weighted by Crippen LogP contribution is 2.35. The largest absolute Gasteiger partial charge is 0.475 e. The molecule has 2 aromatic carbocycles. The molecule has 0 spiro atoms. The van der Waals surface area contributed by atoms with Crippen LogP contribution in [-0.4, -0.2) is 56.4 Å². The van der Waals surface area contributed by atoms with E-state index in [1.165, 1.54) is 25.0 Å². The van der Waals surface area contributed by atoms with E-state index >= 15 is 0 Å². The molecule has 0 unspecified atom stereocenters. The fourth-order valence-electron chi connectivity index (χ4n) is 6.68. The zero-order valence-corrected chi connectivity index (χ0v) is 29.3. The number of carbonyl (C=O) groups is 1. The van der Waals surface area contributed by atoms with Gasteiger partial charge in [-0.3, -0.25) is 9.78 Å². The Balaban J connectivity index is 1.34. The number of benzene rings is 2. The number of carbonyl (C=O) groups excluding carboxylic acids is 1. The lowest BCUT2D eigenvalue weighted by atomic mass is 10.00. The summed E-state index contributed by atoms with van der Waals surface area (Å²) in [5.41, 5.74) is 6.93. The van der Waals surface area contributed by atoms with Gasteiger partial charge in [0.15, 0.2) is 5.65 Å². The first-order valence-electron chi connectivity index (χ1n) is 16.8. The van der Waals surface area contributed by atoms with Crippen LogP contribution in [0.25, 0.3) is 22.4 Å². The Kier molecular flexibility index (Phi) is 8.60. The number of hydrogen-bond donors (Lipinski definition) is 1. The summed E-state index contributed by atoms with van der Waals surface area (Å²) in [6.45, 7) is 8.55. The SMILES string of the molecule is Cc1cccc(C)c1-c1cc2nc(n1)NS(=O)(=O)c1cccc(c1)C(=O)N(Cc1cnc3cc(C(C)C)n(C)c3n1)[C@H](CCC1CC1)CO2. The molecule has 49 heavy (non-hydrogen) atoms. The molecule has 0 radical (unpaired) electrons. The number of anilines is 1. The summed E-state index contributed by atoms with van der Waals surface area (Å²) >= 11 is 0. The highest BCUT2D eigenvalue weighted by Gasteiger charge is 2.31. The summed E-state index contributed by atoms with van der Waals surface area (Å²) in [4.78, 5) is 35.0. The van der Waals surface area contributed by atoms with Gasteiger partial charge in [0.1, 0.15) is 12.1 Å². The first kappa shape index (κ1) is 32.7. The maximum atomic E-state index is 14.5. The van der Waals surface area contributed by atoms with Crippen molar-refractivity contribution in [2.24, 2.45) is 13.0 Å². The Morgan fingerprint density at radius 3 is 2.47 bits per heavy atom. The Morgan fingerprint density at radius 2 is 1.73 bits per heavy atom. The summed E-state index contributed by atoms with van der Waals surface area (Å²) in [5.74, 6) is 0.710. The summed E-state index contributed by atoms with van der Waals surface area (Å²) in [5, 5.41) is 0. The van der Waals surface area contributed by atoms with E-state index in [0.717, 1.165) is 40.0 Å². The van der Waals surface area contributed by atoms with Crippen molar-refractivity contribution in [2.45, 2.75) is 76.8 Å². The maximum absolute atomic E-state index is 14.5. The van der Waals surface area contributed by atoms with Gasteiger partial charge < -0.3 is 14.2 Å². The Morgan fingerprint density at radius 1 is 0.980 bits per heavy atom. The van der Waals surface area contributed by atoms with E-state index in [9.17, 15) is 13.2 Å². The number of hydrogen-bond acceptors (Lipinski definition) is 8. The molecule has 2 aliphatic rings. The van der Waals surface area contributed by atoms with Gasteiger partial charge in [-0.25, -0.2) is 23.1 Å². The van der Waals surface area contributed by atoms with E-state index in [1.54, 1.807) is 29.3 Å². The molecule has 1 fully saturated rings. The zero-order chi connectivity index (χ0) is 34.4. The average Bonchev–Trinajstić information content (AvgIpc) is 3.84. The number of aromatic nitrogens is 5. The minimum Gasteiger partial charge on any atom is -0.475 e. The fourth-order valence-corrected chi connectivity index (χ4v) is 7.67. The van der Waals surface area contributed by atoms with Gasteiger partial charge in [-0.2, -0.15) is 4.98 Å². The van der Waals surface area contributed by atoms with E-state index in [0.29, 0.717) is 29.6 Å². The van der Waals surface area contributed by atoms with Gasteiger partial charge in [0, 0.05) is 29.9 Å². The van der Waals surface area contributed by atoms with Crippen LogP contribution in [0, 0.1) is 19.8 Å². The van der Waals surface area contributed by atoms with Gasteiger partial charge >= 0.3 is 0 Å². The molecular formula is C37H41N7O4S. The minimum atomic E-state index is -4.16. The molecule has 12 heteroatoms. The van der Waals surface area contributed by atoms with Crippen LogP contribution >= 0.6 is 0 Å². The smallest absolute Gasteiger partial charge is 0.264 e. The molecule has 0 saturated heterocycles. The number of fused-ring (bicyclic) bond motifs is 5. The monoisotopic (exact) mass is 679 g/mol. The Bertz CT molecular complexity index is 2150.